The summed E-state index contributed by atoms with van der Waals surface area (Å²) in [5.74, 6) is -1.56. The number of thioether (sulfide) groups is 1. The molecule has 1 aromatic rings. The number of benzene rings is 1. The van der Waals surface area contributed by atoms with Crippen molar-refractivity contribution in [2.45, 2.75) is 85.8 Å². The summed E-state index contributed by atoms with van der Waals surface area (Å²) >= 11 is 5.43. The number of amides is 3. The zero-order valence-corrected chi connectivity index (χ0v) is 23.7. The summed E-state index contributed by atoms with van der Waals surface area (Å²) < 4.78 is -0.704. The monoisotopic (exact) mass is 579 g/mol. The Bertz CT molecular complexity index is 966. The Labute approximate surface area is 226 Å². The lowest BCUT2D eigenvalue weighted by Crippen LogP contribution is -2.58. The van der Waals surface area contributed by atoms with E-state index in [1.807, 2.05) is 44.2 Å². The van der Waals surface area contributed by atoms with E-state index in [9.17, 15) is 19.5 Å². The lowest BCUT2D eigenvalue weighted by molar-refractivity contribution is -0.142. The molecule has 8 atom stereocenters. The molecule has 36 heavy (non-hydrogen) atoms. The van der Waals surface area contributed by atoms with Crippen molar-refractivity contribution in [2.75, 3.05) is 13.2 Å². The molecule has 3 aliphatic rings. The number of aliphatic hydroxyl groups excluding tert-OH is 1. The zero-order valence-electron chi connectivity index (χ0n) is 21.3. The molecule has 3 saturated heterocycles. The summed E-state index contributed by atoms with van der Waals surface area (Å²) in [5, 5.41) is 16.6. The van der Waals surface area contributed by atoms with Gasteiger partial charge >= 0.3 is 0 Å². The van der Waals surface area contributed by atoms with E-state index in [1.54, 1.807) is 16.7 Å². The minimum atomic E-state index is -0.741. The summed E-state index contributed by atoms with van der Waals surface area (Å²) in [4.78, 5) is 43.1. The fourth-order valence-corrected chi connectivity index (χ4v) is 9.99. The molecule has 4 rings (SSSR count). The van der Waals surface area contributed by atoms with Crippen molar-refractivity contribution in [3.05, 3.63) is 35.9 Å². The second-order valence-corrected chi connectivity index (χ2v) is 13.1. The van der Waals surface area contributed by atoms with Gasteiger partial charge in [-0.3, -0.25) is 14.4 Å². The molecule has 0 radical (unpaired) electrons. The summed E-state index contributed by atoms with van der Waals surface area (Å²) in [7, 11) is 0. The highest BCUT2D eigenvalue weighted by molar-refractivity contribution is 9.09. The highest BCUT2D eigenvalue weighted by Gasteiger charge is 2.76. The first-order valence-corrected chi connectivity index (χ1v) is 14.9. The van der Waals surface area contributed by atoms with E-state index in [-0.39, 0.29) is 40.4 Å². The first-order chi connectivity index (χ1) is 17.3. The number of hydrogen-bond donors (Lipinski definition) is 3. The number of likely N-dealkylation sites (tertiary alicyclic amines) is 1. The fraction of sp³-hybridized carbons (Fsp3) is 0.667. The van der Waals surface area contributed by atoms with E-state index >= 15 is 0 Å². The highest BCUT2D eigenvalue weighted by atomic mass is 79.9. The molecule has 3 amide bonds. The van der Waals surface area contributed by atoms with Crippen molar-refractivity contribution in [1.82, 2.24) is 15.5 Å². The molecule has 7 nitrogen and oxygen atoms in total. The number of carbonyl (C=O) groups excluding carboxylic acids is 3. The van der Waals surface area contributed by atoms with Crippen molar-refractivity contribution in [3.8, 4) is 0 Å². The summed E-state index contributed by atoms with van der Waals surface area (Å²) in [6, 6.07) is 8.41. The van der Waals surface area contributed by atoms with Crippen LogP contribution in [0, 0.1) is 11.8 Å². The van der Waals surface area contributed by atoms with Crippen molar-refractivity contribution >= 4 is 45.4 Å². The van der Waals surface area contributed by atoms with Gasteiger partial charge in [-0.25, -0.2) is 0 Å². The number of halogens is 1. The molecule has 0 aliphatic carbocycles. The topological polar surface area (TPSA) is 98.7 Å². The number of carbonyl (C=O) groups is 3. The number of hydrogen-bond acceptors (Lipinski definition) is 5. The number of aliphatic hydroxyl groups is 1. The highest BCUT2D eigenvalue weighted by Crippen LogP contribution is 2.68. The van der Waals surface area contributed by atoms with E-state index < -0.39 is 28.7 Å². The van der Waals surface area contributed by atoms with Gasteiger partial charge in [-0.05, 0) is 38.2 Å². The molecule has 9 heteroatoms. The Morgan fingerprint density at radius 3 is 2.58 bits per heavy atom. The number of fused-ring (bicyclic) bond motifs is 1. The van der Waals surface area contributed by atoms with Crippen LogP contribution < -0.4 is 10.6 Å². The Hall–Kier alpha value is -1.58. The number of rotatable bonds is 11. The van der Waals surface area contributed by atoms with Gasteiger partial charge in [0.1, 0.15) is 6.04 Å². The van der Waals surface area contributed by atoms with E-state index in [2.05, 4.69) is 33.5 Å². The number of alkyl halides is 1. The molecule has 3 fully saturated rings. The van der Waals surface area contributed by atoms with Gasteiger partial charge in [0.25, 0.3) is 0 Å². The minimum Gasteiger partial charge on any atom is -0.394 e. The molecule has 1 spiro atoms. The summed E-state index contributed by atoms with van der Waals surface area (Å²) in [6.07, 6.45) is 3.67. The van der Waals surface area contributed by atoms with Gasteiger partial charge in [-0.2, -0.15) is 0 Å². The summed E-state index contributed by atoms with van der Waals surface area (Å²) in [5.41, 5.74) is 0.991. The van der Waals surface area contributed by atoms with Gasteiger partial charge in [0, 0.05) is 22.7 Å². The van der Waals surface area contributed by atoms with Crippen LogP contribution in [0.25, 0.3) is 0 Å². The number of nitrogens with one attached hydrogen (secondary N) is 2. The molecule has 198 valence electrons. The molecular formula is C27H38BrN3O4S. The minimum absolute atomic E-state index is 0.0244. The predicted molar refractivity (Wildman–Crippen MR) is 146 cm³/mol. The average molecular weight is 581 g/mol. The van der Waals surface area contributed by atoms with Crippen molar-refractivity contribution < 1.29 is 19.5 Å². The van der Waals surface area contributed by atoms with Crippen molar-refractivity contribution in [2.24, 2.45) is 11.8 Å². The smallest absolute Gasteiger partial charge is 0.244 e. The third-order valence-electron chi connectivity index (χ3n) is 7.86. The van der Waals surface area contributed by atoms with Crippen LogP contribution in [-0.4, -0.2) is 73.8 Å². The van der Waals surface area contributed by atoms with Crippen molar-refractivity contribution in [3.63, 3.8) is 0 Å². The maximum atomic E-state index is 14.2. The average Bonchev–Trinajstić information content (AvgIpc) is 3.45. The van der Waals surface area contributed by atoms with Gasteiger partial charge in [0.15, 0.2) is 0 Å². The van der Waals surface area contributed by atoms with Crippen molar-refractivity contribution in [1.29, 1.82) is 0 Å². The van der Waals surface area contributed by atoms with Crippen LogP contribution in [-0.2, 0) is 20.8 Å². The van der Waals surface area contributed by atoms with Gasteiger partial charge in [0.2, 0.25) is 17.7 Å². The van der Waals surface area contributed by atoms with Gasteiger partial charge in [0.05, 0.1) is 29.2 Å². The van der Waals surface area contributed by atoms with E-state index in [1.165, 1.54) is 0 Å². The van der Waals surface area contributed by atoms with Gasteiger partial charge < -0.3 is 20.6 Å². The van der Waals surface area contributed by atoms with Crippen LogP contribution in [0.3, 0.4) is 0 Å². The molecule has 1 aromatic carbocycles. The standard InChI is InChI=1S/C27H38BrN3O4S/c1-4-9-16(3)30-25(34)23-27-14-19(28)22(36-27)20(24(33)29-12-5-2)21(27)26(35)31(23)18(15-32)13-17-10-7-6-8-11-17/h6-8,10-11,16,18-23,32H,4-5,9,12-15H2,1-3H3,(H,29,33)(H,30,34)/t16?,18-,19?,20-,21+,22-,23?,27?/m1/s1. The Balaban J connectivity index is 1.73. The predicted octanol–water partition coefficient (Wildman–Crippen LogP) is 2.89. The molecule has 0 aromatic heterocycles. The molecule has 0 saturated carbocycles. The molecule has 3 aliphatic heterocycles. The first-order valence-electron chi connectivity index (χ1n) is 13.2. The van der Waals surface area contributed by atoms with E-state index in [0.717, 1.165) is 24.8 Å². The van der Waals surface area contributed by atoms with Gasteiger partial charge in [-0.1, -0.05) is 66.5 Å². The lowest BCUT2D eigenvalue weighted by atomic mass is 9.70. The second-order valence-electron chi connectivity index (χ2n) is 10.4. The summed E-state index contributed by atoms with van der Waals surface area (Å²) in [6.45, 7) is 6.37. The SMILES string of the molecule is CCCNC(=O)[C@H]1[C@@H]2SC3(CC2Br)C(C(=O)NC(C)CCC)N([C@@H](CO)Cc2ccccc2)C(=O)[C@H]13. The molecule has 4 unspecified atom stereocenters. The zero-order chi connectivity index (χ0) is 26.0. The second kappa shape index (κ2) is 11.4. The van der Waals surface area contributed by atoms with Crippen LogP contribution in [0.2, 0.25) is 0 Å². The first kappa shape index (κ1) is 27.5. The van der Waals surface area contributed by atoms with Gasteiger partial charge in [-0.15, -0.1) is 11.8 Å². The Kier molecular flexibility index (Phi) is 8.72. The van der Waals surface area contributed by atoms with Crippen LogP contribution in [0.5, 0.6) is 0 Å². The normalized spacial score (nSPS) is 32.3. The third-order valence-corrected chi connectivity index (χ3v) is 11.1. The maximum Gasteiger partial charge on any atom is 0.244 e. The quantitative estimate of drug-likeness (QED) is 0.350. The lowest BCUT2D eigenvalue weighted by Gasteiger charge is -2.38. The fourth-order valence-electron chi connectivity index (χ4n) is 6.39. The van der Waals surface area contributed by atoms with E-state index in [0.29, 0.717) is 19.4 Å². The van der Waals surface area contributed by atoms with Crippen LogP contribution >= 0.6 is 27.7 Å². The Morgan fingerprint density at radius 1 is 1.22 bits per heavy atom. The molecule has 2 bridgehead atoms. The molecule has 3 heterocycles. The largest absolute Gasteiger partial charge is 0.394 e. The van der Waals surface area contributed by atoms with Crippen LogP contribution in [0.4, 0.5) is 0 Å². The third kappa shape index (κ3) is 4.83. The van der Waals surface area contributed by atoms with E-state index in [4.69, 9.17) is 0 Å². The van der Waals surface area contributed by atoms with Crippen LogP contribution in [0.1, 0.15) is 52.0 Å². The Morgan fingerprint density at radius 2 is 1.94 bits per heavy atom. The van der Waals surface area contributed by atoms with Crippen LogP contribution in [0.15, 0.2) is 30.3 Å². The molecule has 3 N–H and O–H groups in total. The molecular weight excluding hydrogens is 542 g/mol. The number of nitrogens with zero attached hydrogens (tertiary/aromatic N) is 1. The maximum absolute atomic E-state index is 14.2.